The maximum atomic E-state index is 10.7. The van der Waals surface area contributed by atoms with E-state index in [2.05, 4.69) is 4.98 Å². The molecule has 0 aliphatic rings. The molecule has 0 spiro atoms. The van der Waals surface area contributed by atoms with Crippen LogP contribution in [0.1, 0.15) is 5.56 Å². The van der Waals surface area contributed by atoms with Gasteiger partial charge in [0.1, 0.15) is 0 Å². The van der Waals surface area contributed by atoms with Crippen molar-refractivity contribution < 1.29 is 4.92 Å². The molecular weight excluding hydrogens is 286 g/mol. The smallest absolute Gasteiger partial charge is 0.269 e. The molecule has 0 aliphatic carbocycles. The first-order chi connectivity index (χ1) is 9.06. The van der Waals surface area contributed by atoms with Crippen LogP contribution in [-0.2, 0) is 5.75 Å². The lowest BCUT2D eigenvalue weighted by molar-refractivity contribution is -0.384. The number of thioether (sulfide) groups is 1. The highest BCUT2D eigenvalue weighted by atomic mass is 35.5. The summed E-state index contributed by atoms with van der Waals surface area (Å²) >= 11 is 7.19. The minimum Gasteiger partial charge on any atom is -0.398 e. The number of nitro groups is 1. The highest BCUT2D eigenvalue weighted by molar-refractivity contribution is 7.98. The van der Waals surface area contributed by atoms with Gasteiger partial charge in [-0.25, -0.2) is 4.98 Å². The zero-order chi connectivity index (χ0) is 13.8. The van der Waals surface area contributed by atoms with E-state index >= 15 is 0 Å². The molecule has 0 saturated carbocycles. The first kappa shape index (κ1) is 13.6. The number of nitro benzene ring substituents is 1. The summed E-state index contributed by atoms with van der Waals surface area (Å²) in [5.74, 6) is 0.516. The van der Waals surface area contributed by atoms with Gasteiger partial charge in [0.25, 0.3) is 5.69 Å². The number of non-ortho nitro benzene ring substituents is 1. The Kier molecular flexibility index (Phi) is 4.24. The monoisotopic (exact) mass is 295 g/mol. The van der Waals surface area contributed by atoms with Crippen LogP contribution in [0.5, 0.6) is 0 Å². The van der Waals surface area contributed by atoms with Crippen molar-refractivity contribution in [2.75, 3.05) is 5.73 Å². The minimum absolute atomic E-state index is 0.0360. The molecule has 0 radical (unpaired) electrons. The first-order valence-corrected chi connectivity index (χ1v) is 6.70. The zero-order valence-corrected chi connectivity index (χ0v) is 11.3. The van der Waals surface area contributed by atoms with Crippen LogP contribution in [0.15, 0.2) is 41.6 Å². The minimum atomic E-state index is -0.436. The number of nitrogens with zero attached hydrogens (tertiary/aromatic N) is 2. The Morgan fingerprint density at radius 2 is 2.16 bits per heavy atom. The van der Waals surface area contributed by atoms with Gasteiger partial charge >= 0.3 is 0 Å². The number of hydrogen-bond acceptors (Lipinski definition) is 5. The molecular formula is C12H10ClN3O2S. The van der Waals surface area contributed by atoms with Gasteiger partial charge in [0, 0.05) is 29.8 Å². The van der Waals surface area contributed by atoms with Gasteiger partial charge in [-0.05, 0) is 23.8 Å². The second-order valence-electron chi connectivity index (χ2n) is 3.74. The van der Waals surface area contributed by atoms with E-state index in [0.717, 1.165) is 10.6 Å². The van der Waals surface area contributed by atoms with E-state index in [9.17, 15) is 10.1 Å². The summed E-state index contributed by atoms with van der Waals surface area (Å²) in [6.45, 7) is 0. The number of rotatable bonds is 4. The Balaban J connectivity index is 2.12. The van der Waals surface area contributed by atoms with E-state index in [4.69, 9.17) is 17.3 Å². The fraction of sp³-hybridized carbons (Fsp3) is 0.0833. The normalized spacial score (nSPS) is 10.4. The summed E-state index contributed by atoms with van der Waals surface area (Å²) in [7, 11) is 0. The summed E-state index contributed by atoms with van der Waals surface area (Å²) < 4.78 is 0. The second-order valence-corrected chi connectivity index (χ2v) is 5.18. The third-order valence-electron chi connectivity index (χ3n) is 2.41. The second kappa shape index (κ2) is 5.90. The lowest BCUT2D eigenvalue weighted by Crippen LogP contribution is -1.96. The third kappa shape index (κ3) is 3.59. The van der Waals surface area contributed by atoms with Crippen molar-refractivity contribution in [1.82, 2.24) is 4.98 Å². The van der Waals surface area contributed by atoms with E-state index in [1.807, 2.05) is 0 Å². The standard InChI is InChI=1S/C12H10ClN3O2S/c13-9-1-4-12(15-6-9)19-7-8-5-10(16(17)18)2-3-11(8)14/h1-6H,7,14H2. The topological polar surface area (TPSA) is 82.0 Å². The number of nitrogen functional groups attached to an aromatic ring is 1. The van der Waals surface area contributed by atoms with Gasteiger partial charge in [-0.15, -0.1) is 11.8 Å². The lowest BCUT2D eigenvalue weighted by atomic mass is 10.2. The van der Waals surface area contributed by atoms with Gasteiger partial charge in [0.2, 0.25) is 0 Å². The van der Waals surface area contributed by atoms with Gasteiger partial charge in [-0.1, -0.05) is 11.6 Å². The van der Waals surface area contributed by atoms with Gasteiger partial charge in [-0.3, -0.25) is 10.1 Å². The van der Waals surface area contributed by atoms with E-state index in [1.54, 1.807) is 24.4 Å². The Morgan fingerprint density at radius 3 is 2.79 bits per heavy atom. The average Bonchev–Trinajstić information content (AvgIpc) is 2.39. The van der Waals surface area contributed by atoms with Crippen molar-refractivity contribution in [1.29, 1.82) is 0 Å². The molecule has 0 aliphatic heterocycles. The Labute approximate surface area is 118 Å². The van der Waals surface area contributed by atoms with E-state index < -0.39 is 4.92 Å². The quantitative estimate of drug-likeness (QED) is 0.404. The Morgan fingerprint density at radius 1 is 1.37 bits per heavy atom. The van der Waals surface area contributed by atoms with Crippen LogP contribution in [0, 0.1) is 10.1 Å². The zero-order valence-electron chi connectivity index (χ0n) is 9.75. The van der Waals surface area contributed by atoms with E-state index in [-0.39, 0.29) is 5.69 Å². The van der Waals surface area contributed by atoms with Crippen LogP contribution in [0.4, 0.5) is 11.4 Å². The van der Waals surface area contributed by atoms with E-state index in [0.29, 0.717) is 16.5 Å². The fourth-order valence-corrected chi connectivity index (χ4v) is 2.39. The van der Waals surface area contributed by atoms with Crippen molar-refractivity contribution >= 4 is 34.7 Å². The lowest BCUT2D eigenvalue weighted by Gasteiger charge is -2.05. The molecule has 1 aromatic carbocycles. The van der Waals surface area contributed by atoms with Gasteiger partial charge in [-0.2, -0.15) is 0 Å². The molecule has 0 saturated heterocycles. The number of pyridine rings is 1. The molecule has 2 N–H and O–H groups in total. The predicted molar refractivity (Wildman–Crippen MR) is 76.3 cm³/mol. The van der Waals surface area contributed by atoms with Crippen molar-refractivity contribution in [3.63, 3.8) is 0 Å². The number of aromatic nitrogens is 1. The number of benzene rings is 1. The number of hydrogen-bond donors (Lipinski definition) is 1. The fourth-order valence-electron chi connectivity index (χ4n) is 1.43. The summed E-state index contributed by atoms with van der Waals surface area (Å²) in [5, 5.41) is 12.1. The van der Waals surface area contributed by atoms with Crippen molar-refractivity contribution in [2.24, 2.45) is 0 Å². The van der Waals surface area contributed by atoms with Crippen LogP contribution in [0.3, 0.4) is 0 Å². The average molecular weight is 296 g/mol. The maximum Gasteiger partial charge on any atom is 0.269 e. The molecule has 98 valence electrons. The molecule has 0 amide bonds. The highest BCUT2D eigenvalue weighted by Crippen LogP contribution is 2.27. The van der Waals surface area contributed by atoms with Gasteiger partial charge in [0.15, 0.2) is 0 Å². The molecule has 7 heteroatoms. The SMILES string of the molecule is Nc1ccc([N+](=O)[O-])cc1CSc1ccc(Cl)cn1. The largest absolute Gasteiger partial charge is 0.398 e. The number of nitrogens with two attached hydrogens (primary N) is 1. The predicted octanol–water partition coefficient (Wildman–Crippen LogP) is 3.52. The number of halogens is 1. The number of anilines is 1. The molecule has 1 aromatic heterocycles. The molecule has 1 heterocycles. The molecule has 5 nitrogen and oxygen atoms in total. The summed E-state index contributed by atoms with van der Waals surface area (Å²) in [4.78, 5) is 14.4. The summed E-state index contributed by atoms with van der Waals surface area (Å²) in [6.07, 6.45) is 1.56. The molecule has 0 unspecified atom stereocenters. The van der Waals surface area contributed by atoms with Crippen molar-refractivity contribution in [3.05, 3.63) is 57.2 Å². The molecule has 2 rings (SSSR count). The highest BCUT2D eigenvalue weighted by Gasteiger charge is 2.09. The van der Waals surface area contributed by atoms with Gasteiger partial charge in [0.05, 0.1) is 15.0 Å². The molecule has 19 heavy (non-hydrogen) atoms. The molecule has 0 atom stereocenters. The van der Waals surface area contributed by atoms with Crippen molar-refractivity contribution in [3.8, 4) is 0 Å². The maximum absolute atomic E-state index is 10.7. The van der Waals surface area contributed by atoms with Crippen LogP contribution in [0.25, 0.3) is 0 Å². The molecule has 0 fully saturated rings. The van der Waals surface area contributed by atoms with Crippen LogP contribution >= 0.6 is 23.4 Å². The molecule has 2 aromatic rings. The Hall–Kier alpha value is -1.79. The van der Waals surface area contributed by atoms with E-state index in [1.165, 1.54) is 23.9 Å². The van der Waals surface area contributed by atoms with Crippen LogP contribution in [-0.4, -0.2) is 9.91 Å². The van der Waals surface area contributed by atoms with Crippen molar-refractivity contribution in [2.45, 2.75) is 10.8 Å². The Bertz CT molecular complexity index is 604. The van der Waals surface area contributed by atoms with Gasteiger partial charge < -0.3 is 5.73 Å². The van der Waals surface area contributed by atoms with Crippen LogP contribution < -0.4 is 5.73 Å². The first-order valence-electron chi connectivity index (χ1n) is 5.33. The molecule has 0 bridgehead atoms. The third-order valence-corrected chi connectivity index (χ3v) is 3.63. The summed E-state index contributed by atoms with van der Waals surface area (Å²) in [6, 6.07) is 7.96. The summed E-state index contributed by atoms with van der Waals surface area (Å²) in [5.41, 5.74) is 7.09. The van der Waals surface area contributed by atoms with Crippen LogP contribution in [0.2, 0.25) is 5.02 Å².